The van der Waals surface area contributed by atoms with E-state index in [0.29, 0.717) is 5.69 Å². The standard InChI is InChI=1S/C17H26N2O/c1-13-8-9-15(18)12-16(13)17(20)19(2)11-10-14-6-4-3-5-7-14/h8-9,12,14H,3-7,10-11,18H2,1-2H3. The minimum Gasteiger partial charge on any atom is -0.399 e. The first-order valence-electron chi connectivity index (χ1n) is 7.69. The van der Waals surface area contributed by atoms with Gasteiger partial charge in [0.15, 0.2) is 0 Å². The number of hydrogen-bond donors (Lipinski definition) is 1. The molecule has 0 spiro atoms. The van der Waals surface area contributed by atoms with Crippen molar-refractivity contribution >= 4 is 11.6 Å². The Labute approximate surface area is 122 Å². The van der Waals surface area contributed by atoms with Gasteiger partial charge in [-0.2, -0.15) is 0 Å². The highest BCUT2D eigenvalue weighted by Crippen LogP contribution is 2.26. The Kier molecular flexibility index (Phi) is 5.05. The fourth-order valence-corrected chi connectivity index (χ4v) is 3.03. The topological polar surface area (TPSA) is 46.3 Å². The fraction of sp³-hybridized carbons (Fsp3) is 0.588. The molecule has 0 atom stereocenters. The zero-order chi connectivity index (χ0) is 14.5. The number of nitrogens with two attached hydrogens (primary N) is 1. The van der Waals surface area contributed by atoms with Crippen molar-refractivity contribution in [2.24, 2.45) is 5.92 Å². The number of hydrogen-bond acceptors (Lipinski definition) is 2. The van der Waals surface area contributed by atoms with Crippen molar-refractivity contribution in [1.82, 2.24) is 4.90 Å². The molecule has 0 heterocycles. The number of carbonyl (C=O) groups excluding carboxylic acids is 1. The lowest BCUT2D eigenvalue weighted by atomic mass is 9.87. The molecule has 0 bridgehead atoms. The molecule has 1 saturated carbocycles. The number of anilines is 1. The molecule has 0 unspecified atom stereocenters. The van der Waals surface area contributed by atoms with Crippen LogP contribution in [0.2, 0.25) is 0 Å². The molecule has 1 fully saturated rings. The van der Waals surface area contributed by atoms with E-state index in [4.69, 9.17) is 5.73 Å². The Morgan fingerprint density at radius 2 is 2.00 bits per heavy atom. The second-order valence-electron chi connectivity index (χ2n) is 6.09. The van der Waals surface area contributed by atoms with Gasteiger partial charge in [0, 0.05) is 24.8 Å². The van der Waals surface area contributed by atoms with Crippen LogP contribution < -0.4 is 5.73 Å². The van der Waals surface area contributed by atoms with E-state index in [-0.39, 0.29) is 5.91 Å². The summed E-state index contributed by atoms with van der Waals surface area (Å²) < 4.78 is 0. The normalized spacial score (nSPS) is 16.1. The van der Waals surface area contributed by atoms with Crippen molar-refractivity contribution in [3.8, 4) is 0 Å². The van der Waals surface area contributed by atoms with Crippen molar-refractivity contribution in [3.63, 3.8) is 0 Å². The van der Waals surface area contributed by atoms with Gasteiger partial charge in [0.25, 0.3) is 5.91 Å². The monoisotopic (exact) mass is 274 g/mol. The number of rotatable bonds is 4. The van der Waals surface area contributed by atoms with E-state index in [0.717, 1.165) is 30.0 Å². The first kappa shape index (κ1) is 14.9. The second-order valence-corrected chi connectivity index (χ2v) is 6.09. The summed E-state index contributed by atoms with van der Waals surface area (Å²) in [5.74, 6) is 0.895. The quantitative estimate of drug-likeness (QED) is 0.852. The van der Waals surface area contributed by atoms with Crippen molar-refractivity contribution in [2.75, 3.05) is 19.3 Å². The smallest absolute Gasteiger partial charge is 0.253 e. The molecule has 1 aliphatic rings. The minimum atomic E-state index is 0.0885. The lowest BCUT2D eigenvalue weighted by Crippen LogP contribution is -2.29. The predicted molar refractivity (Wildman–Crippen MR) is 83.7 cm³/mol. The molecule has 0 aliphatic heterocycles. The van der Waals surface area contributed by atoms with Gasteiger partial charge >= 0.3 is 0 Å². The molecule has 3 nitrogen and oxygen atoms in total. The molecule has 0 saturated heterocycles. The van der Waals surface area contributed by atoms with Gasteiger partial charge in [-0.3, -0.25) is 4.79 Å². The van der Waals surface area contributed by atoms with Gasteiger partial charge in [-0.05, 0) is 37.0 Å². The first-order valence-corrected chi connectivity index (χ1v) is 7.69. The number of nitrogen functional groups attached to an aromatic ring is 1. The molecule has 0 radical (unpaired) electrons. The van der Waals surface area contributed by atoms with Gasteiger partial charge in [-0.15, -0.1) is 0 Å². The Morgan fingerprint density at radius 3 is 2.70 bits per heavy atom. The van der Waals surface area contributed by atoms with Crippen molar-refractivity contribution in [3.05, 3.63) is 29.3 Å². The molecule has 2 rings (SSSR count). The van der Waals surface area contributed by atoms with Crippen LogP contribution in [-0.4, -0.2) is 24.4 Å². The summed E-state index contributed by atoms with van der Waals surface area (Å²) >= 11 is 0. The Hall–Kier alpha value is -1.51. The third kappa shape index (κ3) is 3.75. The van der Waals surface area contributed by atoms with Crippen molar-refractivity contribution < 1.29 is 4.79 Å². The molecular weight excluding hydrogens is 248 g/mol. The largest absolute Gasteiger partial charge is 0.399 e. The average Bonchev–Trinajstić information content (AvgIpc) is 2.47. The van der Waals surface area contributed by atoms with E-state index in [1.807, 2.05) is 31.0 Å². The van der Waals surface area contributed by atoms with Gasteiger partial charge in [-0.1, -0.05) is 38.2 Å². The number of nitrogens with zero attached hydrogens (tertiary/aromatic N) is 1. The van der Waals surface area contributed by atoms with Crippen LogP contribution >= 0.6 is 0 Å². The zero-order valence-electron chi connectivity index (χ0n) is 12.7. The van der Waals surface area contributed by atoms with E-state index in [2.05, 4.69) is 0 Å². The summed E-state index contributed by atoms with van der Waals surface area (Å²) in [4.78, 5) is 14.3. The van der Waals surface area contributed by atoms with Crippen LogP contribution in [-0.2, 0) is 0 Å². The van der Waals surface area contributed by atoms with Crippen molar-refractivity contribution in [1.29, 1.82) is 0 Å². The molecule has 3 heteroatoms. The van der Waals surface area contributed by atoms with E-state index in [1.165, 1.54) is 32.1 Å². The minimum absolute atomic E-state index is 0.0885. The van der Waals surface area contributed by atoms with E-state index in [9.17, 15) is 4.79 Å². The highest BCUT2D eigenvalue weighted by Gasteiger charge is 2.18. The maximum absolute atomic E-state index is 12.5. The number of amides is 1. The summed E-state index contributed by atoms with van der Waals surface area (Å²) in [5, 5.41) is 0. The number of benzene rings is 1. The molecule has 20 heavy (non-hydrogen) atoms. The summed E-state index contributed by atoms with van der Waals surface area (Å²) in [5.41, 5.74) is 8.16. The number of carbonyl (C=O) groups is 1. The highest BCUT2D eigenvalue weighted by atomic mass is 16.2. The third-order valence-electron chi connectivity index (χ3n) is 4.44. The van der Waals surface area contributed by atoms with Gasteiger partial charge < -0.3 is 10.6 Å². The molecule has 2 N–H and O–H groups in total. The van der Waals surface area contributed by atoms with E-state index >= 15 is 0 Å². The first-order chi connectivity index (χ1) is 9.58. The van der Waals surface area contributed by atoms with E-state index in [1.54, 1.807) is 6.07 Å². The highest BCUT2D eigenvalue weighted by molar-refractivity contribution is 5.96. The van der Waals surface area contributed by atoms with Gasteiger partial charge in [-0.25, -0.2) is 0 Å². The van der Waals surface area contributed by atoms with Crippen LogP contribution in [0.5, 0.6) is 0 Å². The maximum atomic E-state index is 12.5. The molecule has 1 aromatic carbocycles. The molecule has 1 aliphatic carbocycles. The van der Waals surface area contributed by atoms with Crippen LogP contribution in [0.3, 0.4) is 0 Å². The molecular formula is C17H26N2O. The maximum Gasteiger partial charge on any atom is 0.253 e. The van der Waals surface area contributed by atoms with Crippen LogP contribution in [0.1, 0.15) is 54.4 Å². The molecule has 1 amide bonds. The average molecular weight is 274 g/mol. The van der Waals surface area contributed by atoms with Crippen LogP contribution in [0, 0.1) is 12.8 Å². The predicted octanol–water partition coefficient (Wildman–Crippen LogP) is 3.62. The lowest BCUT2D eigenvalue weighted by molar-refractivity contribution is 0.0783. The summed E-state index contributed by atoms with van der Waals surface area (Å²) in [6, 6.07) is 5.54. The van der Waals surface area contributed by atoms with Crippen LogP contribution in [0.4, 0.5) is 5.69 Å². The molecule has 110 valence electrons. The van der Waals surface area contributed by atoms with Crippen LogP contribution in [0.25, 0.3) is 0 Å². The summed E-state index contributed by atoms with van der Waals surface area (Å²) in [6.07, 6.45) is 7.89. The van der Waals surface area contributed by atoms with Crippen molar-refractivity contribution in [2.45, 2.75) is 45.4 Å². The lowest BCUT2D eigenvalue weighted by Gasteiger charge is -2.25. The third-order valence-corrected chi connectivity index (χ3v) is 4.44. The Bertz CT molecular complexity index is 464. The number of aryl methyl sites for hydroxylation is 1. The van der Waals surface area contributed by atoms with Gasteiger partial charge in [0.05, 0.1) is 0 Å². The molecule has 1 aromatic rings. The van der Waals surface area contributed by atoms with Crippen LogP contribution in [0.15, 0.2) is 18.2 Å². The van der Waals surface area contributed by atoms with E-state index < -0.39 is 0 Å². The SMILES string of the molecule is Cc1ccc(N)cc1C(=O)N(C)CCC1CCCCC1. The molecule has 0 aromatic heterocycles. The summed E-state index contributed by atoms with van der Waals surface area (Å²) in [7, 11) is 1.90. The second kappa shape index (κ2) is 6.78. The summed E-state index contributed by atoms with van der Waals surface area (Å²) in [6.45, 7) is 2.80. The Balaban J connectivity index is 1.92. The Morgan fingerprint density at radius 1 is 1.30 bits per heavy atom. The van der Waals surface area contributed by atoms with Gasteiger partial charge in [0.1, 0.15) is 0 Å². The fourth-order valence-electron chi connectivity index (χ4n) is 3.03. The zero-order valence-corrected chi connectivity index (χ0v) is 12.7. The van der Waals surface area contributed by atoms with Gasteiger partial charge in [0.2, 0.25) is 0 Å².